The molecule has 0 radical (unpaired) electrons. The first kappa shape index (κ1) is 3.34. The van der Waals surface area contributed by atoms with Crippen molar-refractivity contribution >= 4 is 0 Å². The normalized spacial score (nSPS) is 8.00. The maximum absolute atomic E-state index is 3.75. The molecule has 0 atom stereocenters. The van der Waals surface area contributed by atoms with Crippen LogP contribution in [0.3, 0.4) is 0 Å². The van der Waals surface area contributed by atoms with Gasteiger partial charge in [-0.15, -0.1) is 0 Å². The van der Waals surface area contributed by atoms with Gasteiger partial charge in [-0.05, 0) is 0 Å². The minimum atomic E-state index is 1.69. The molecule has 0 spiro atoms. The van der Waals surface area contributed by atoms with Gasteiger partial charge in [0.2, 0.25) is 0 Å². The van der Waals surface area contributed by atoms with Gasteiger partial charge in [0.25, 0.3) is 0 Å². The second kappa shape index (κ2) is 1.55. The Hall–Kier alpha value is -0.850. The average Bonchev–Trinajstić information content (AvgIpc) is 1.72. The lowest BCUT2D eigenvalue weighted by atomic mass is 10.5. The third kappa shape index (κ3) is 0.549. The highest BCUT2D eigenvalue weighted by atomic mass is 14.6. The van der Waals surface area contributed by atoms with Gasteiger partial charge < -0.3 is 4.98 Å². The molecule has 0 saturated heterocycles. The number of pyridine rings is 1. The zero-order valence-electron chi connectivity index (χ0n) is 3.26. The molecule has 0 N–H and O–H groups in total. The van der Waals surface area contributed by atoms with E-state index in [1.54, 1.807) is 24.5 Å². The molecule has 0 bridgehead atoms. The zero-order valence-corrected chi connectivity index (χ0v) is 3.26. The van der Waals surface area contributed by atoms with Crippen LogP contribution in [0.15, 0.2) is 24.5 Å². The predicted octanol–water partition coefficient (Wildman–Crippen LogP) is 0.882. The fourth-order valence-corrected chi connectivity index (χ4v) is 0.277. The van der Waals surface area contributed by atoms with Gasteiger partial charge in [-0.25, -0.2) is 0 Å². The van der Waals surface area contributed by atoms with Crippen molar-refractivity contribution in [1.82, 2.24) is 4.98 Å². The molecule has 1 aromatic heterocycles. The lowest BCUT2D eigenvalue weighted by Crippen LogP contribution is -1.59. The molecule has 1 nitrogen and oxygen atoms in total. The monoisotopic (exact) mass is 78.0 g/mol. The Kier molecular flexibility index (Phi) is 0.865. The van der Waals surface area contributed by atoms with E-state index in [9.17, 15) is 0 Å². The number of hydrogen-bond donors (Lipinski definition) is 0. The van der Waals surface area contributed by atoms with Crippen LogP contribution in [0.2, 0.25) is 0 Å². The van der Waals surface area contributed by atoms with Crippen LogP contribution < -0.4 is 0 Å². The van der Waals surface area contributed by atoms with E-state index in [-0.39, 0.29) is 0 Å². The van der Waals surface area contributed by atoms with Gasteiger partial charge >= 0.3 is 0 Å². The van der Waals surface area contributed by atoms with E-state index in [1.807, 2.05) is 0 Å². The van der Waals surface area contributed by atoms with Gasteiger partial charge in [0.15, 0.2) is 0 Å². The number of hydrogen-bond acceptors (Lipinski definition) is 1. The van der Waals surface area contributed by atoms with Crippen molar-refractivity contribution in [2.45, 2.75) is 0 Å². The Morgan fingerprint density at radius 3 is 2.00 bits per heavy atom. The second-order valence-electron chi connectivity index (χ2n) is 0.947. The molecule has 1 rings (SSSR count). The van der Waals surface area contributed by atoms with Crippen molar-refractivity contribution in [3.63, 3.8) is 0 Å². The predicted molar refractivity (Wildman–Crippen MR) is 23.1 cm³/mol. The summed E-state index contributed by atoms with van der Waals surface area (Å²) in [6.45, 7) is 0. The third-order valence-electron chi connectivity index (χ3n) is 0.514. The first-order valence-corrected chi connectivity index (χ1v) is 1.76. The molecule has 0 aromatic carbocycles. The zero-order chi connectivity index (χ0) is 4.24. The lowest BCUT2D eigenvalue weighted by molar-refractivity contribution is 1.33. The number of aromatic nitrogens is 1. The van der Waals surface area contributed by atoms with Crippen molar-refractivity contribution < 1.29 is 0 Å². The summed E-state index contributed by atoms with van der Waals surface area (Å²) in [7, 11) is 0. The van der Waals surface area contributed by atoms with Gasteiger partial charge in [-0.2, -0.15) is 18.2 Å². The molecule has 0 aliphatic carbocycles. The largest absolute Gasteiger partial charge is 0.391 e. The molecule has 1 heterocycles. The maximum Gasteiger partial charge on any atom is -0.0857 e. The molecular formula is C5H4N-. The van der Waals surface area contributed by atoms with E-state index in [4.69, 9.17) is 0 Å². The topological polar surface area (TPSA) is 12.9 Å². The van der Waals surface area contributed by atoms with E-state index in [0.29, 0.717) is 0 Å². The van der Waals surface area contributed by atoms with Crippen molar-refractivity contribution in [1.29, 1.82) is 0 Å². The van der Waals surface area contributed by atoms with Crippen LogP contribution in [0.4, 0.5) is 0 Å². The summed E-state index contributed by atoms with van der Waals surface area (Å²) in [5.41, 5.74) is 0. The summed E-state index contributed by atoms with van der Waals surface area (Å²) in [5.74, 6) is 0. The first-order valence-electron chi connectivity index (χ1n) is 1.76. The fourth-order valence-electron chi connectivity index (χ4n) is 0.277. The molecule has 1 aromatic rings. The van der Waals surface area contributed by atoms with E-state index in [2.05, 4.69) is 11.1 Å². The van der Waals surface area contributed by atoms with E-state index in [1.165, 1.54) is 0 Å². The lowest BCUT2D eigenvalue weighted by Gasteiger charge is -1.81. The molecule has 6 heavy (non-hydrogen) atoms. The quantitative estimate of drug-likeness (QED) is 0.420. The molecule has 0 aliphatic heterocycles. The summed E-state index contributed by atoms with van der Waals surface area (Å²) in [6.07, 6.45) is 3.39. The fraction of sp³-hybridized carbons (Fsp3) is 0. The Bertz CT molecular complexity index is 75.9. The van der Waals surface area contributed by atoms with Gasteiger partial charge in [0.1, 0.15) is 0 Å². The minimum absolute atomic E-state index is 1.69. The standard InChI is InChI=1S/C5H4N/c1-2-4-6-5-3-1/h2-5H/q-1. The summed E-state index contributed by atoms with van der Waals surface area (Å²) in [6, 6.07) is 6.36. The SMILES string of the molecule is [c-]1ccncc1. The van der Waals surface area contributed by atoms with Crippen LogP contribution in [0, 0.1) is 6.07 Å². The molecule has 1 heteroatoms. The van der Waals surface area contributed by atoms with Crippen LogP contribution >= 0.6 is 0 Å². The van der Waals surface area contributed by atoms with E-state index in [0.717, 1.165) is 0 Å². The Labute approximate surface area is 36.7 Å². The molecule has 0 aliphatic rings. The third-order valence-corrected chi connectivity index (χ3v) is 0.514. The van der Waals surface area contributed by atoms with Gasteiger partial charge in [-0.1, -0.05) is 12.4 Å². The summed E-state index contributed by atoms with van der Waals surface area (Å²) < 4.78 is 0. The van der Waals surface area contributed by atoms with Crippen molar-refractivity contribution in [2.24, 2.45) is 0 Å². The second-order valence-corrected chi connectivity index (χ2v) is 0.947. The molecule has 0 fully saturated rings. The van der Waals surface area contributed by atoms with Crippen LogP contribution in [-0.4, -0.2) is 4.98 Å². The van der Waals surface area contributed by atoms with Gasteiger partial charge in [0, 0.05) is 0 Å². The van der Waals surface area contributed by atoms with Gasteiger partial charge in [-0.3, -0.25) is 0 Å². The Morgan fingerprint density at radius 2 is 1.83 bits per heavy atom. The van der Waals surface area contributed by atoms with E-state index < -0.39 is 0 Å². The van der Waals surface area contributed by atoms with Crippen LogP contribution in [-0.2, 0) is 0 Å². The molecule has 0 saturated carbocycles. The highest BCUT2D eigenvalue weighted by molar-refractivity contribution is 4.85. The summed E-state index contributed by atoms with van der Waals surface area (Å²) in [4.78, 5) is 3.75. The minimum Gasteiger partial charge on any atom is -0.391 e. The maximum atomic E-state index is 3.75. The highest BCUT2D eigenvalue weighted by Crippen LogP contribution is 1.72. The molecule has 0 amide bonds. The first-order chi connectivity index (χ1) is 3.00. The summed E-state index contributed by atoms with van der Waals surface area (Å²) in [5, 5.41) is 0. The van der Waals surface area contributed by atoms with Gasteiger partial charge in [0.05, 0.1) is 0 Å². The van der Waals surface area contributed by atoms with Crippen molar-refractivity contribution in [3.8, 4) is 0 Å². The highest BCUT2D eigenvalue weighted by Gasteiger charge is 1.46. The Morgan fingerprint density at radius 1 is 1.17 bits per heavy atom. The number of rotatable bonds is 0. The number of nitrogens with zero attached hydrogens (tertiary/aromatic N) is 1. The van der Waals surface area contributed by atoms with Crippen LogP contribution in [0.1, 0.15) is 0 Å². The van der Waals surface area contributed by atoms with Crippen LogP contribution in [0.5, 0.6) is 0 Å². The van der Waals surface area contributed by atoms with Crippen LogP contribution in [0.25, 0.3) is 0 Å². The van der Waals surface area contributed by atoms with E-state index >= 15 is 0 Å². The summed E-state index contributed by atoms with van der Waals surface area (Å²) >= 11 is 0. The molecule has 0 unspecified atom stereocenters. The average molecular weight is 78.1 g/mol. The van der Waals surface area contributed by atoms with Crippen molar-refractivity contribution in [3.05, 3.63) is 30.6 Å². The smallest absolute Gasteiger partial charge is 0.0857 e. The molecular weight excluding hydrogens is 74.1 g/mol. The van der Waals surface area contributed by atoms with Crippen molar-refractivity contribution in [2.75, 3.05) is 0 Å². The Balaban J connectivity index is 3.00. The molecule has 30 valence electrons.